The molecule has 0 saturated carbocycles. The van der Waals surface area contributed by atoms with E-state index >= 15 is 0 Å². The number of aliphatic hydroxyl groups excluding tert-OH is 1. The van der Waals surface area contributed by atoms with E-state index in [0.29, 0.717) is 0 Å². The maximum absolute atomic E-state index is 10.8. The number of carbonyl (C=O) groups is 1. The summed E-state index contributed by atoms with van der Waals surface area (Å²) in [6, 6.07) is 0. The van der Waals surface area contributed by atoms with Crippen LogP contribution in [0.1, 0.15) is 20.8 Å². The third-order valence-electron chi connectivity index (χ3n) is 1.18. The van der Waals surface area contributed by atoms with Gasteiger partial charge in [-0.05, 0) is 20.8 Å². The molecule has 0 saturated heterocycles. The van der Waals surface area contributed by atoms with Crippen molar-refractivity contribution in [3.8, 4) is 0 Å². The molecule has 0 aromatic heterocycles. The monoisotopic (exact) mass is 162 g/mol. The lowest BCUT2D eigenvalue weighted by molar-refractivity contribution is -0.165. The second-order valence-corrected chi connectivity index (χ2v) is 2.81. The number of ether oxygens (including phenoxy) is 1. The van der Waals surface area contributed by atoms with Crippen LogP contribution in [-0.2, 0) is 9.53 Å². The van der Waals surface area contributed by atoms with Crippen LogP contribution in [0.15, 0.2) is 0 Å². The van der Waals surface area contributed by atoms with E-state index in [-0.39, 0.29) is 6.61 Å². The van der Waals surface area contributed by atoms with Crippen molar-refractivity contribution in [1.82, 2.24) is 0 Å². The Labute approximate surface area is 65.8 Å². The Hall–Kier alpha value is -0.610. The van der Waals surface area contributed by atoms with Crippen molar-refractivity contribution in [2.75, 3.05) is 6.61 Å². The fourth-order valence-corrected chi connectivity index (χ4v) is 0.510. The first-order chi connectivity index (χ1) is 4.89. The standard InChI is InChI=1S/C7H14O4/c1-4-11-6(9)5(8)7(2,3)10/h5,8,10H,4H2,1-3H3/t5-/m0/s1. The van der Waals surface area contributed by atoms with Crippen LogP contribution < -0.4 is 0 Å². The topological polar surface area (TPSA) is 66.8 Å². The normalized spacial score (nSPS) is 14.3. The Bertz CT molecular complexity index is 136. The van der Waals surface area contributed by atoms with E-state index < -0.39 is 17.7 Å². The predicted molar refractivity (Wildman–Crippen MR) is 38.9 cm³/mol. The van der Waals surface area contributed by atoms with Crippen molar-refractivity contribution in [2.24, 2.45) is 0 Å². The average molecular weight is 162 g/mol. The Kier molecular flexibility index (Phi) is 3.48. The molecule has 0 aliphatic rings. The quantitative estimate of drug-likeness (QED) is 0.558. The van der Waals surface area contributed by atoms with Crippen molar-refractivity contribution < 1.29 is 19.7 Å². The minimum absolute atomic E-state index is 0.200. The molecule has 0 heterocycles. The van der Waals surface area contributed by atoms with E-state index in [4.69, 9.17) is 10.2 Å². The van der Waals surface area contributed by atoms with Gasteiger partial charge in [-0.1, -0.05) is 0 Å². The molecule has 2 N–H and O–H groups in total. The Morgan fingerprint density at radius 1 is 1.64 bits per heavy atom. The first kappa shape index (κ1) is 10.4. The zero-order valence-electron chi connectivity index (χ0n) is 7.00. The van der Waals surface area contributed by atoms with E-state index in [1.165, 1.54) is 13.8 Å². The van der Waals surface area contributed by atoms with Crippen LogP contribution in [0.25, 0.3) is 0 Å². The summed E-state index contributed by atoms with van der Waals surface area (Å²) in [6.07, 6.45) is -1.47. The Morgan fingerprint density at radius 2 is 2.09 bits per heavy atom. The van der Waals surface area contributed by atoms with Gasteiger partial charge in [0.25, 0.3) is 0 Å². The molecule has 0 aliphatic carbocycles. The molecule has 66 valence electrons. The predicted octanol–water partition coefficient (Wildman–Crippen LogP) is -0.319. The number of hydrogen-bond acceptors (Lipinski definition) is 4. The summed E-state index contributed by atoms with van der Waals surface area (Å²) in [5.41, 5.74) is -1.44. The van der Waals surface area contributed by atoms with Crippen molar-refractivity contribution in [2.45, 2.75) is 32.5 Å². The summed E-state index contributed by atoms with van der Waals surface area (Å²) in [5.74, 6) is -0.792. The second-order valence-electron chi connectivity index (χ2n) is 2.81. The zero-order valence-corrected chi connectivity index (χ0v) is 7.00. The molecule has 4 heteroatoms. The molecule has 0 rings (SSSR count). The summed E-state index contributed by atoms with van der Waals surface area (Å²) in [6.45, 7) is 4.52. The zero-order chi connectivity index (χ0) is 9.07. The molecule has 0 bridgehead atoms. The second kappa shape index (κ2) is 3.69. The van der Waals surface area contributed by atoms with Crippen molar-refractivity contribution >= 4 is 5.97 Å². The summed E-state index contributed by atoms with van der Waals surface area (Å²) in [7, 11) is 0. The SMILES string of the molecule is CCOC(=O)[C@H](O)C(C)(C)O. The van der Waals surface area contributed by atoms with Gasteiger partial charge in [-0.3, -0.25) is 0 Å². The maximum Gasteiger partial charge on any atom is 0.337 e. The van der Waals surface area contributed by atoms with Gasteiger partial charge in [-0.25, -0.2) is 4.79 Å². The maximum atomic E-state index is 10.8. The van der Waals surface area contributed by atoms with Gasteiger partial charge in [0, 0.05) is 0 Å². The third-order valence-corrected chi connectivity index (χ3v) is 1.18. The van der Waals surface area contributed by atoms with E-state index in [1.54, 1.807) is 6.92 Å². The molecular weight excluding hydrogens is 148 g/mol. The fraction of sp³-hybridized carbons (Fsp3) is 0.857. The summed E-state index contributed by atoms with van der Waals surface area (Å²) >= 11 is 0. The van der Waals surface area contributed by atoms with Crippen molar-refractivity contribution in [3.63, 3.8) is 0 Å². The first-order valence-corrected chi connectivity index (χ1v) is 3.46. The highest BCUT2D eigenvalue weighted by atomic mass is 16.5. The molecule has 0 unspecified atom stereocenters. The molecule has 0 fully saturated rings. The van der Waals surface area contributed by atoms with Crippen LogP contribution in [0.3, 0.4) is 0 Å². The molecule has 0 aromatic rings. The number of aliphatic hydroxyl groups is 2. The summed E-state index contributed by atoms with van der Waals surface area (Å²) in [4.78, 5) is 10.8. The number of hydrogen-bond donors (Lipinski definition) is 2. The van der Waals surface area contributed by atoms with Crippen LogP contribution in [-0.4, -0.2) is 34.5 Å². The lowest BCUT2D eigenvalue weighted by Gasteiger charge is -2.22. The van der Waals surface area contributed by atoms with Gasteiger partial charge >= 0.3 is 5.97 Å². The summed E-state index contributed by atoms with van der Waals surface area (Å²) in [5, 5.41) is 18.2. The molecular formula is C7H14O4. The molecule has 0 spiro atoms. The van der Waals surface area contributed by atoms with Gasteiger partial charge in [-0.15, -0.1) is 0 Å². The lowest BCUT2D eigenvalue weighted by atomic mass is 10.0. The highest BCUT2D eigenvalue weighted by Gasteiger charge is 2.32. The van der Waals surface area contributed by atoms with Crippen LogP contribution in [0.5, 0.6) is 0 Å². The van der Waals surface area contributed by atoms with E-state index in [0.717, 1.165) is 0 Å². The first-order valence-electron chi connectivity index (χ1n) is 3.46. The van der Waals surface area contributed by atoms with Gasteiger partial charge < -0.3 is 14.9 Å². The van der Waals surface area contributed by atoms with Crippen LogP contribution >= 0.6 is 0 Å². The molecule has 0 aliphatic heterocycles. The molecule has 1 atom stereocenters. The molecule has 0 aromatic carbocycles. The number of carbonyl (C=O) groups excluding carboxylic acids is 1. The Balaban J connectivity index is 4.03. The van der Waals surface area contributed by atoms with Gasteiger partial charge in [0.1, 0.15) is 0 Å². The molecule has 0 radical (unpaired) electrons. The molecule has 11 heavy (non-hydrogen) atoms. The van der Waals surface area contributed by atoms with Crippen LogP contribution in [0, 0.1) is 0 Å². The van der Waals surface area contributed by atoms with Crippen LogP contribution in [0.2, 0.25) is 0 Å². The van der Waals surface area contributed by atoms with Crippen molar-refractivity contribution in [3.05, 3.63) is 0 Å². The minimum Gasteiger partial charge on any atom is -0.464 e. The van der Waals surface area contributed by atoms with Gasteiger partial charge in [0.05, 0.1) is 12.2 Å². The molecule has 0 amide bonds. The van der Waals surface area contributed by atoms with Gasteiger partial charge in [0.15, 0.2) is 6.10 Å². The molecule has 4 nitrogen and oxygen atoms in total. The number of rotatable bonds is 3. The van der Waals surface area contributed by atoms with Crippen LogP contribution in [0.4, 0.5) is 0 Å². The lowest BCUT2D eigenvalue weighted by Crippen LogP contribution is -2.42. The van der Waals surface area contributed by atoms with Gasteiger partial charge in [0.2, 0.25) is 0 Å². The number of esters is 1. The Morgan fingerprint density at radius 3 is 2.36 bits per heavy atom. The van der Waals surface area contributed by atoms with Crippen molar-refractivity contribution in [1.29, 1.82) is 0 Å². The average Bonchev–Trinajstić information content (AvgIpc) is 1.85. The fourth-order valence-electron chi connectivity index (χ4n) is 0.510. The largest absolute Gasteiger partial charge is 0.464 e. The van der Waals surface area contributed by atoms with Gasteiger partial charge in [-0.2, -0.15) is 0 Å². The van der Waals surface area contributed by atoms with E-state index in [2.05, 4.69) is 4.74 Å². The third kappa shape index (κ3) is 3.34. The highest BCUT2D eigenvalue weighted by Crippen LogP contribution is 2.09. The van der Waals surface area contributed by atoms with E-state index in [1.807, 2.05) is 0 Å². The summed E-state index contributed by atoms with van der Waals surface area (Å²) < 4.78 is 4.48. The van der Waals surface area contributed by atoms with E-state index in [9.17, 15) is 4.79 Å². The highest BCUT2D eigenvalue weighted by molar-refractivity contribution is 5.75. The smallest absolute Gasteiger partial charge is 0.337 e. The minimum atomic E-state index is -1.47.